The van der Waals surface area contributed by atoms with E-state index >= 15 is 0 Å². The summed E-state index contributed by atoms with van der Waals surface area (Å²) in [5.41, 5.74) is 4.49. The Morgan fingerprint density at radius 2 is 1.58 bits per heavy atom. The Balaban J connectivity index is 1.47. The maximum absolute atomic E-state index is 12.2. The second-order valence-corrected chi connectivity index (χ2v) is 7.95. The zero-order chi connectivity index (χ0) is 21.5. The summed E-state index contributed by atoms with van der Waals surface area (Å²) in [6.45, 7) is 1.96. The molecule has 4 aromatic rings. The van der Waals surface area contributed by atoms with Gasteiger partial charge in [-0.1, -0.05) is 72.4 Å². The van der Waals surface area contributed by atoms with Gasteiger partial charge in [0.2, 0.25) is 11.1 Å². The molecule has 31 heavy (non-hydrogen) atoms. The Morgan fingerprint density at radius 1 is 0.903 bits per heavy atom. The Hall–Kier alpha value is -3.58. The van der Waals surface area contributed by atoms with Gasteiger partial charge in [0.15, 0.2) is 0 Å². The van der Waals surface area contributed by atoms with E-state index in [1.807, 2.05) is 79.7 Å². The summed E-state index contributed by atoms with van der Waals surface area (Å²) < 4.78 is 0. The molecule has 2 aromatic carbocycles. The average molecular weight is 428 g/mol. The quantitative estimate of drug-likeness (QED) is 0.417. The standard InChI is InChI=1S/C24H21N5OS/c1-17-12-14-25-20(16-17)26-21(30)13-15-31-24-27-22(18-8-4-2-5-9-18)23(28-29-24)19-10-6-3-7-11-19/h2-12,14,16H,13,15H2,1H3,(H,25,26,30). The summed E-state index contributed by atoms with van der Waals surface area (Å²) in [4.78, 5) is 21.1. The van der Waals surface area contributed by atoms with Crippen molar-refractivity contribution >= 4 is 23.5 Å². The molecule has 7 heteroatoms. The molecule has 1 amide bonds. The second kappa shape index (κ2) is 9.95. The third-order valence-electron chi connectivity index (χ3n) is 4.50. The van der Waals surface area contributed by atoms with Crippen molar-refractivity contribution in [1.82, 2.24) is 20.2 Å². The van der Waals surface area contributed by atoms with Crippen LogP contribution >= 0.6 is 11.8 Å². The van der Waals surface area contributed by atoms with Crippen molar-refractivity contribution in [2.75, 3.05) is 11.1 Å². The number of nitrogens with zero attached hydrogens (tertiary/aromatic N) is 4. The van der Waals surface area contributed by atoms with Crippen molar-refractivity contribution in [1.29, 1.82) is 0 Å². The number of carbonyl (C=O) groups excluding carboxylic acids is 1. The minimum absolute atomic E-state index is 0.0947. The van der Waals surface area contributed by atoms with E-state index in [1.165, 1.54) is 11.8 Å². The number of anilines is 1. The van der Waals surface area contributed by atoms with Gasteiger partial charge in [0.05, 0.1) is 0 Å². The third-order valence-corrected chi connectivity index (χ3v) is 5.34. The van der Waals surface area contributed by atoms with Gasteiger partial charge in [-0.25, -0.2) is 9.97 Å². The van der Waals surface area contributed by atoms with E-state index in [2.05, 4.69) is 20.5 Å². The second-order valence-electron chi connectivity index (χ2n) is 6.89. The fourth-order valence-electron chi connectivity index (χ4n) is 3.00. The lowest BCUT2D eigenvalue weighted by Crippen LogP contribution is -2.13. The molecular formula is C24H21N5OS. The highest BCUT2D eigenvalue weighted by Gasteiger charge is 2.14. The summed E-state index contributed by atoms with van der Waals surface area (Å²) in [5, 5.41) is 12.1. The number of hydrogen-bond acceptors (Lipinski definition) is 6. The molecule has 0 saturated carbocycles. The number of aryl methyl sites for hydroxylation is 1. The van der Waals surface area contributed by atoms with Gasteiger partial charge in [0.25, 0.3) is 0 Å². The van der Waals surface area contributed by atoms with Gasteiger partial charge in [0, 0.05) is 29.5 Å². The van der Waals surface area contributed by atoms with Crippen LogP contribution in [0.2, 0.25) is 0 Å². The lowest BCUT2D eigenvalue weighted by molar-refractivity contribution is -0.115. The van der Waals surface area contributed by atoms with Crippen LogP contribution in [0.3, 0.4) is 0 Å². The first-order valence-electron chi connectivity index (χ1n) is 9.90. The predicted molar refractivity (Wildman–Crippen MR) is 124 cm³/mol. The van der Waals surface area contributed by atoms with Crippen molar-refractivity contribution in [2.45, 2.75) is 18.5 Å². The highest BCUT2D eigenvalue weighted by molar-refractivity contribution is 7.99. The van der Waals surface area contributed by atoms with Crippen LogP contribution in [-0.2, 0) is 4.79 Å². The first kappa shape index (κ1) is 20.7. The molecule has 1 N–H and O–H groups in total. The molecule has 0 saturated heterocycles. The predicted octanol–water partition coefficient (Wildman–Crippen LogP) is 5.03. The zero-order valence-corrected chi connectivity index (χ0v) is 17.8. The van der Waals surface area contributed by atoms with Gasteiger partial charge >= 0.3 is 0 Å². The first-order valence-corrected chi connectivity index (χ1v) is 10.9. The lowest BCUT2D eigenvalue weighted by atomic mass is 10.0. The smallest absolute Gasteiger partial charge is 0.226 e. The summed E-state index contributed by atoms with van der Waals surface area (Å²) in [7, 11) is 0. The molecule has 0 atom stereocenters. The number of nitrogens with one attached hydrogen (secondary N) is 1. The highest BCUT2D eigenvalue weighted by Crippen LogP contribution is 2.29. The number of thioether (sulfide) groups is 1. The van der Waals surface area contributed by atoms with Gasteiger partial charge in [-0.3, -0.25) is 4.79 Å². The molecule has 0 aliphatic carbocycles. The highest BCUT2D eigenvalue weighted by atomic mass is 32.2. The molecule has 0 bridgehead atoms. The van der Waals surface area contributed by atoms with Gasteiger partial charge in [-0.2, -0.15) is 0 Å². The minimum atomic E-state index is -0.0947. The lowest BCUT2D eigenvalue weighted by Gasteiger charge is -2.09. The van der Waals surface area contributed by atoms with E-state index in [1.54, 1.807) is 6.20 Å². The molecule has 2 aromatic heterocycles. The fourth-order valence-corrected chi connectivity index (χ4v) is 3.73. The average Bonchev–Trinajstić information content (AvgIpc) is 2.80. The summed E-state index contributed by atoms with van der Waals surface area (Å²) in [6.07, 6.45) is 2.00. The Bertz CT molecular complexity index is 1170. The molecular weight excluding hydrogens is 406 g/mol. The molecule has 0 aliphatic rings. The largest absolute Gasteiger partial charge is 0.311 e. The fraction of sp³-hybridized carbons (Fsp3) is 0.125. The normalized spacial score (nSPS) is 10.6. The van der Waals surface area contributed by atoms with E-state index in [-0.39, 0.29) is 5.91 Å². The van der Waals surface area contributed by atoms with Crippen LogP contribution in [0.5, 0.6) is 0 Å². The van der Waals surface area contributed by atoms with Gasteiger partial charge in [-0.15, -0.1) is 10.2 Å². The molecule has 4 rings (SSSR count). The van der Waals surface area contributed by atoms with Gasteiger partial charge in [0.1, 0.15) is 17.2 Å². The number of rotatable bonds is 7. The molecule has 0 fully saturated rings. The Kier molecular flexibility index (Phi) is 6.64. The number of aromatic nitrogens is 4. The van der Waals surface area contributed by atoms with E-state index < -0.39 is 0 Å². The molecule has 6 nitrogen and oxygen atoms in total. The van der Waals surface area contributed by atoms with Crippen LogP contribution in [0.4, 0.5) is 5.82 Å². The van der Waals surface area contributed by atoms with E-state index in [0.717, 1.165) is 28.1 Å². The minimum Gasteiger partial charge on any atom is -0.311 e. The van der Waals surface area contributed by atoms with Crippen LogP contribution in [0, 0.1) is 6.92 Å². The van der Waals surface area contributed by atoms with Crippen LogP contribution in [0.25, 0.3) is 22.5 Å². The number of carbonyl (C=O) groups is 1. The maximum atomic E-state index is 12.2. The number of hydrogen-bond donors (Lipinski definition) is 1. The Labute approximate surface area is 185 Å². The van der Waals surface area contributed by atoms with Crippen LogP contribution in [0.15, 0.2) is 84.1 Å². The van der Waals surface area contributed by atoms with Gasteiger partial charge < -0.3 is 5.32 Å². The molecule has 2 heterocycles. The number of benzene rings is 2. The Morgan fingerprint density at radius 3 is 2.26 bits per heavy atom. The molecule has 154 valence electrons. The molecule has 0 radical (unpaired) electrons. The molecule has 0 unspecified atom stereocenters. The van der Waals surface area contributed by atoms with Crippen LogP contribution in [-0.4, -0.2) is 31.8 Å². The summed E-state index contributed by atoms with van der Waals surface area (Å²) in [5.74, 6) is 1.01. The van der Waals surface area contributed by atoms with Crippen molar-refractivity contribution in [3.05, 3.63) is 84.6 Å². The summed E-state index contributed by atoms with van der Waals surface area (Å²) >= 11 is 1.41. The van der Waals surface area contributed by atoms with Crippen molar-refractivity contribution in [2.24, 2.45) is 0 Å². The number of pyridine rings is 1. The SMILES string of the molecule is Cc1ccnc(NC(=O)CCSc2nnc(-c3ccccc3)c(-c3ccccc3)n2)c1. The summed E-state index contributed by atoms with van der Waals surface area (Å²) in [6, 6.07) is 23.6. The third kappa shape index (κ3) is 5.52. The van der Waals surface area contributed by atoms with E-state index in [4.69, 9.17) is 4.98 Å². The van der Waals surface area contributed by atoms with Crippen LogP contribution < -0.4 is 5.32 Å². The zero-order valence-electron chi connectivity index (χ0n) is 17.0. The van der Waals surface area contributed by atoms with Gasteiger partial charge in [-0.05, 0) is 24.6 Å². The first-order chi connectivity index (χ1) is 15.2. The van der Waals surface area contributed by atoms with Crippen molar-refractivity contribution in [3.63, 3.8) is 0 Å². The van der Waals surface area contributed by atoms with Crippen LogP contribution in [0.1, 0.15) is 12.0 Å². The van der Waals surface area contributed by atoms with Crippen molar-refractivity contribution in [3.8, 4) is 22.5 Å². The monoisotopic (exact) mass is 427 g/mol. The number of amides is 1. The topological polar surface area (TPSA) is 80.7 Å². The molecule has 0 spiro atoms. The maximum Gasteiger partial charge on any atom is 0.226 e. The van der Waals surface area contributed by atoms with E-state index in [9.17, 15) is 4.79 Å². The molecule has 0 aliphatic heterocycles. The van der Waals surface area contributed by atoms with Crippen molar-refractivity contribution < 1.29 is 4.79 Å². The van der Waals surface area contributed by atoms with E-state index in [0.29, 0.717) is 23.1 Å².